The summed E-state index contributed by atoms with van der Waals surface area (Å²) < 4.78 is 6.07. The molecular weight excluding hydrogens is 268 g/mol. The molecule has 0 amide bonds. The molecule has 0 spiro atoms. The average Bonchev–Trinajstić information content (AvgIpc) is 3.17. The molecule has 3 rings (SSSR count). The SMILES string of the molecule is CC(C)NCc1sc(C2(C)CCCCO2)nc1C1CC1. The summed E-state index contributed by atoms with van der Waals surface area (Å²) in [5, 5.41) is 4.75. The maximum atomic E-state index is 6.07. The van der Waals surface area contributed by atoms with E-state index in [0.717, 1.165) is 25.5 Å². The van der Waals surface area contributed by atoms with Crippen LogP contribution in [0.2, 0.25) is 0 Å². The van der Waals surface area contributed by atoms with E-state index in [-0.39, 0.29) is 5.60 Å². The van der Waals surface area contributed by atoms with E-state index in [1.54, 1.807) is 0 Å². The highest BCUT2D eigenvalue weighted by molar-refractivity contribution is 7.11. The monoisotopic (exact) mass is 294 g/mol. The fraction of sp³-hybridized carbons (Fsp3) is 0.812. The first kappa shape index (κ1) is 14.5. The molecule has 20 heavy (non-hydrogen) atoms. The second-order valence-electron chi connectivity index (χ2n) is 6.67. The van der Waals surface area contributed by atoms with Crippen LogP contribution in [0.5, 0.6) is 0 Å². The van der Waals surface area contributed by atoms with Gasteiger partial charge in [-0.15, -0.1) is 11.3 Å². The first-order valence-corrected chi connectivity index (χ1v) is 8.77. The number of aromatic nitrogens is 1. The van der Waals surface area contributed by atoms with E-state index in [2.05, 4.69) is 26.1 Å². The Labute approximate surface area is 126 Å². The number of ether oxygens (including phenoxy) is 1. The number of hydrogen-bond donors (Lipinski definition) is 1. The van der Waals surface area contributed by atoms with E-state index in [0.29, 0.717) is 6.04 Å². The lowest BCUT2D eigenvalue weighted by atomic mass is 9.97. The molecule has 1 saturated heterocycles. The van der Waals surface area contributed by atoms with Gasteiger partial charge >= 0.3 is 0 Å². The largest absolute Gasteiger partial charge is 0.368 e. The van der Waals surface area contributed by atoms with Crippen LogP contribution in [0.1, 0.15) is 74.4 Å². The van der Waals surface area contributed by atoms with Gasteiger partial charge < -0.3 is 10.1 Å². The molecule has 0 radical (unpaired) electrons. The first-order valence-electron chi connectivity index (χ1n) is 7.96. The summed E-state index contributed by atoms with van der Waals surface area (Å²) in [6.07, 6.45) is 6.19. The zero-order valence-electron chi connectivity index (χ0n) is 12.9. The molecule has 2 heterocycles. The van der Waals surface area contributed by atoms with Gasteiger partial charge in [0.1, 0.15) is 10.6 Å². The van der Waals surface area contributed by atoms with Crippen molar-refractivity contribution in [1.29, 1.82) is 0 Å². The zero-order chi connectivity index (χ0) is 14.2. The van der Waals surface area contributed by atoms with Gasteiger partial charge in [0.05, 0.1) is 5.69 Å². The number of nitrogens with zero attached hydrogens (tertiary/aromatic N) is 1. The second kappa shape index (κ2) is 5.74. The molecule has 1 aliphatic heterocycles. The topological polar surface area (TPSA) is 34.1 Å². The average molecular weight is 294 g/mol. The lowest BCUT2D eigenvalue weighted by Gasteiger charge is -2.31. The van der Waals surface area contributed by atoms with Gasteiger partial charge in [0.25, 0.3) is 0 Å². The van der Waals surface area contributed by atoms with Crippen molar-refractivity contribution in [2.75, 3.05) is 6.61 Å². The van der Waals surface area contributed by atoms with Crippen LogP contribution >= 0.6 is 11.3 Å². The Morgan fingerprint density at radius 3 is 2.80 bits per heavy atom. The van der Waals surface area contributed by atoms with Crippen molar-refractivity contribution in [2.45, 2.75) is 77.0 Å². The third-order valence-corrected chi connectivity index (χ3v) is 5.60. The Kier molecular flexibility index (Phi) is 4.16. The van der Waals surface area contributed by atoms with Crippen molar-refractivity contribution in [3.05, 3.63) is 15.6 Å². The van der Waals surface area contributed by atoms with Gasteiger partial charge in [-0.3, -0.25) is 0 Å². The van der Waals surface area contributed by atoms with Crippen LogP contribution in [-0.4, -0.2) is 17.6 Å². The second-order valence-corrected chi connectivity index (χ2v) is 7.76. The fourth-order valence-corrected chi connectivity index (χ4v) is 4.02. The third-order valence-electron chi connectivity index (χ3n) is 4.28. The minimum atomic E-state index is -0.136. The highest BCUT2D eigenvalue weighted by Gasteiger charge is 2.37. The lowest BCUT2D eigenvalue weighted by Crippen LogP contribution is -2.30. The van der Waals surface area contributed by atoms with Crippen molar-refractivity contribution in [3.63, 3.8) is 0 Å². The van der Waals surface area contributed by atoms with Gasteiger partial charge in [-0.2, -0.15) is 0 Å². The van der Waals surface area contributed by atoms with Crippen LogP contribution in [-0.2, 0) is 16.9 Å². The molecule has 1 aromatic rings. The van der Waals surface area contributed by atoms with Crippen LogP contribution < -0.4 is 5.32 Å². The summed E-state index contributed by atoms with van der Waals surface area (Å²) in [6, 6.07) is 0.522. The van der Waals surface area contributed by atoms with Crippen molar-refractivity contribution < 1.29 is 4.74 Å². The molecule has 1 unspecified atom stereocenters. The molecule has 1 atom stereocenters. The number of nitrogens with one attached hydrogen (secondary N) is 1. The quantitative estimate of drug-likeness (QED) is 0.893. The maximum Gasteiger partial charge on any atom is 0.125 e. The Balaban J connectivity index is 1.82. The molecule has 4 heteroatoms. The third kappa shape index (κ3) is 3.07. The van der Waals surface area contributed by atoms with Crippen molar-refractivity contribution in [2.24, 2.45) is 0 Å². The Bertz CT molecular complexity index is 459. The smallest absolute Gasteiger partial charge is 0.125 e. The molecule has 1 N–H and O–H groups in total. The van der Waals surface area contributed by atoms with E-state index in [1.165, 1.54) is 41.3 Å². The Morgan fingerprint density at radius 1 is 1.40 bits per heavy atom. The maximum absolute atomic E-state index is 6.07. The predicted octanol–water partition coefficient (Wildman–Crippen LogP) is 3.93. The molecule has 2 fully saturated rings. The summed E-state index contributed by atoms with van der Waals surface area (Å²) in [6.45, 7) is 8.46. The van der Waals surface area contributed by atoms with Crippen LogP contribution in [0.4, 0.5) is 0 Å². The molecular formula is C16H26N2OS. The van der Waals surface area contributed by atoms with E-state index in [4.69, 9.17) is 9.72 Å². The van der Waals surface area contributed by atoms with E-state index in [1.807, 2.05) is 11.3 Å². The van der Waals surface area contributed by atoms with Gasteiger partial charge in [0, 0.05) is 30.0 Å². The Morgan fingerprint density at radius 2 is 2.20 bits per heavy atom. The van der Waals surface area contributed by atoms with Crippen molar-refractivity contribution in [3.8, 4) is 0 Å². The van der Waals surface area contributed by atoms with Crippen molar-refractivity contribution in [1.82, 2.24) is 10.3 Å². The molecule has 112 valence electrons. The summed E-state index contributed by atoms with van der Waals surface area (Å²) in [5.41, 5.74) is 1.22. The van der Waals surface area contributed by atoms with Crippen LogP contribution in [0.3, 0.4) is 0 Å². The molecule has 1 aliphatic carbocycles. The van der Waals surface area contributed by atoms with Crippen LogP contribution in [0.25, 0.3) is 0 Å². The summed E-state index contributed by atoms with van der Waals surface area (Å²) in [4.78, 5) is 6.44. The molecule has 0 aromatic carbocycles. The lowest BCUT2D eigenvalue weighted by molar-refractivity contribution is -0.0702. The van der Waals surface area contributed by atoms with Gasteiger partial charge in [-0.1, -0.05) is 13.8 Å². The van der Waals surface area contributed by atoms with Gasteiger partial charge in [-0.25, -0.2) is 4.98 Å². The molecule has 2 aliphatic rings. The molecule has 3 nitrogen and oxygen atoms in total. The van der Waals surface area contributed by atoms with Crippen LogP contribution in [0.15, 0.2) is 0 Å². The molecule has 0 bridgehead atoms. The summed E-state index contributed by atoms with van der Waals surface area (Å²) in [7, 11) is 0. The fourth-order valence-electron chi connectivity index (χ4n) is 2.79. The number of hydrogen-bond acceptors (Lipinski definition) is 4. The molecule has 1 aromatic heterocycles. The number of rotatable bonds is 5. The van der Waals surface area contributed by atoms with E-state index < -0.39 is 0 Å². The van der Waals surface area contributed by atoms with Crippen LogP contribution in [0, 0.1) is 0 Å². The molecule has 1 saturated carbocycles. The summed E-state index contributed by atoms with van der Waals surface area (Å²) >= 11 is 1.88. The zero-order valence-corrected chi connectivity index (χ0v) is 13.7. The minimum Gasteiger partial charge on any atom is -0.368 e. The van der Waals surface area contributed by atoms with Gasteiger partial charge in [-0.05, 0) is 39.0 Å². The number of thiazole rings is 1. The van der Waals surface area contributed by atoms with E-state index >= 15 is 0 Å². The Hall–Kier alpha value is -0.450. The standard InChI is InChI=1S/C16H26N2OS/c1-11(2)17-10-13-14(12-6-7-12)18-15(20-13)16(3)8-4-5-9-19-16/h11-12,17H,4-10H2,1-3H3. The van der Waals surface area contributed by atoms with Gasteiger partial charge in [0.15, 0.2) is 0 Å². The van der Waals surface area contributed by atoms with Gasteiger partial charge in [0.2, 0.25) is 0 Å². The normalized spacial score (nSPS) is 27.2. The predicted molar refractivity (Wildman–Crippen MR) is 83.2 cm³/mol. The highest BCUT2D eigenvalue weighted by atomic mass is 32.1. The summed E-state index contributed by atoms with van der Waals surface area (Å²) in [5.74, 6) is 0.719. The first-order chi connectivity index (χ1) is 9.58. The highest BCUT2D eigenvalue weighted by Crippen LogP contribution is 2.45. The van der Waals surface area contributed by atoms with E-state index in [9.17, 15) is 0 Å². The van der Waals surface area contributed by atoms with Crippen molar-refractivity contribution >= 4 is 11.3 Å². The minimum absolute atomic E-state index is 0.136.